The maximum Gasteiger partial charge on any atom is 1.00 e. The number of hydrogen-bond donors (Lipinski definition) is 4. The summed E-state index contributed by atoms with van der Waals surface area (Å²) >= 11 is 0. The first kappa shape index (κ1) is 23.9. The Balaban J connectivity index is 0.00000264. The van der Waals surface area contributed by atoms with Gasteiger partial charge < -0.3 is 45.0 Å². The van der Waals surface area contributed by atoms with Gasteiger partial charge in [-0.25, -0.2) is 4.68 Å². The Labute approximate surface area is 178 Å². The molecule has 0 amide bonds. The number of aromatic carboxylic acids is 1. The van der Waals surface area contributed by atoms with E-state index in [1.54, 1.807) is 0 Å². The van der Waals surface area contributed by atoms with Crippen LogP contribution in [0.4, 0.5) is 0 Å². The quantitative estimate of drug-likeness (QED) is 0.370. The minimum atomic E-state index is -2.90. The van der Waals surface area contributed by atoms with Crippen LogP contribution in [-0.4, -0.2) is 78.4 Å². The largest absolute Gasteiger partial charge is 1.00 e. The van der Waals surface area contributed by atoms with E-state index in [1.165, 1.54) is 0 Å². The number of ether oxygens (including phenoxy) is 1. The molecule has 0 aliphatic carbocycles. The maximum atomic E-state index is 11.5. The Bertz CT molecular complexity index is 598. The van der Waals surface area contributed by atoms with Crippen LogP contribution in [0.1, 0.15) is 10.5 Å². The first-order chi connectivity index (χ1) is 10.3. The Hall–Kier alpha value is -0.120. The van der Waals surface area contributed by atoms with Gasteiger partial charge in [0.25, 0.3) is 0 Å². The molecule has 0 bridgehead atoms. The van der Waals surface area contributed by atoms with E-state index in [-0.39, 0.29) is 59.1 Å². The zero-order valence-electron chi connectivity index (χ0n) is 12.8. The molecule has 12 nitrogen and oxygen atoms in total. The van der Waals surface area contributed by atoms with E-state index in [0.29, 0.717) is 10.9 Å². The zero-order chi connectivity index (χ0) is 16.7. The fraction of sp³-hybridized carbons (Fsp3) is 0.600. The number of aliphatic hydroxyl groups is 4. The van der Waals surface area contributed by atoms with Crippen molar-refractivity contribution in [3.05, 3.63) is 11.9 Å². The van der Waals surface area contributed by atoms with Gasteiger partial charge in [-0.15, -0.1) is 5.10 Å². The minimum absolute atomic E-state index is 0. The molecule has 1 fully saturated rings. The van der Waals surface area contributed by atoms with E-state index in [4.69, 9.17) is 9.84 Å². The van der Waals surface area contributed by atoms with Gasteiger partial charge in [-0.05, 0) is 0 Å². The first-order valence-electron chi connectivity index (χ1n) is 5.94. The molecule has 1 aliphatic rings. The van der Waals surface area contributed by atoms with Crippen molar-refractivity contribution >= 4 is 11.9 Å². The number of aromatic nitrogens is 3. The second-order valence-electron chi connectivity index (χ2n) is 4.58. The summed E-state index contributed by atoms with van der Waals surface area (Å²) in [7, 11) is 0. The molecule has 1 aromatic heterocycles. The van der Waals surface area contributed by atoms with Crippen LogP contribution >= 0.6 is 0 Å². The zero-order valence-corrected chi connectivity index (χ0v) is 16.8. The Kier molecular flexibility index (Phi) is 8.96. The van der Waals surface area contributed by atoms with Gasteiger partial charge in [0.2, 0.25) is 5.72 Å². The molecule has 24 heavy (non-hydrogen) atoms. The molecule has 0 radical (unpaired) electrons. The van der Waals surface area contributed by atoms with E-state index in [2.05, 4.69) is 10.3 Å². The Morgan fingerprint density at radius 3 is 2.25 bits per heavy atom. The third-order valence-electron chi connectivity index (χ3n) is 3.30. The molecule has 14 heteroatoms. The number of carbonyl (C=O) groups is 2. The van der Waals surface area contributed by atoms with Crippen molar-refractivity contribution < 1.29 is 104 Å². The van der Waals surface area contributed by atoms with Crippen molar-refractivity contribution in [3.63, 3.8) is 0 Å². The van der Waals surface area contributed by atoms with E-state index in [0.717, 1.165) is 0 Å². The average molecular weight is 363 g/mol. The van der Waals surface area contributed by atoms with Gasteiger partial charge >= 0.3 is 59.1 Å². The molecule has 1 aromatic rings. The molecule has 0 spiro atoms. The number of rotatable bonds is 4. The number of carboxylic acid groups (broad SMARTS) is 2. The molecular formula is C10H11N3Na2O9. The minimum Gasteiger partial charge on any atom is -0.545 e. The van der Waals surface area contributed by atoms with Gasteiger partial charge in [-0.3, -0.25) is 0 Å². The Morgan fingerprint density at radius 2 is 1.83 bits per heavy atom. The molecule has 1 saturated heterocycles. The third kappa shape index (κ3) is 3.83. The van der Waals surface area contributed by atoms with Crippen LogP contribution in [0.5, 0.6) is 0 Å². The van der Waals surface area contributed by atoms with Gasteiger partial charge in [-0.2, -0.15) is 0 Å². The van der Waals surface area contributed by atoms with Crippen molar-refractivity contribution in [1.82, 2.24) is 15.0 Å². The van der Waals surface area contributed by atoms with E-state index < -0.39 is 54.4 Å². The van der Waals surface area contributed by atoms with Crippen molar-refractivity contribution in [3.8, 4) is 0 Å². The predicted molar refractivity (Wildman–Crippen MR) is 57.3 cm³/mol. The van der Waals surface area contributed by atoms with Gasteiger partial charge in [-0.1, -0.05) is 5.21 Å². The third-order valence-corrected chi connectivity index (χ3v) is 3.30. The molecule has 0 saturated carbocycles. The summed E-state index contributed by atoms with van der Waals surface area (Å²) in [5, 5.41) is 66.8. The molecule has 2 rings (SSSR count). The average Bonchev–Trinajstić information content (AvgIpc) is 2.95. The van der Waals surface area contributed by atoms with Gasteiger partial charge in [0.1, 0.15) is 30.1 Å². The summed E-state index contributed by atoms with van der Waals surface area (Å²) in [5.41, 5.74) is -3.66. The van der Waals surface area contributed by atoms with Crippen LogP contribution in [-0.2, 0) is 15.3 Å². The second kappa shape index (κ2) is 9.00. The van der Waals surface area contributed by atoms with Crippen LogP contribution in [0.3, 0.4) is 0 Å². The predicted octanol–water partition coefficient (Wildman–Crippen LogP) is -12.5. The van der Waals surface area contributed by atoms with Crippen LogP contribution in [0.2, 0.25) is 0 Å². The summed E-state index contributed by atoms with van der Waals surface area (Å²) in [6.07, 6.45) is -7.15. The number of aliphatic hydroxyl groups excluding tert-OH is 4. The molecule has 1 aliphatic heterocycles. The summed E-state index contributed by atoms with van der Waals surface area (Å²) in [6, 6.07) is 0. The number of nitrogens with zero attached hydrogens (tertiary/aromatic N) is 3. The SMILES string of the molecule is O=C([O-])c1cn([C@]2(C(=O)[O-])O[C@H](CO)[C@@H](O)[C@H](O)[C@H]2O)nn1.[Na+].[Na+]. The molecule has 0 aromatic carbocycles. The van der Waals surface area contributed by atoms with Gasteiger partial charge in [0.15, 0.2) is 0 Å². The van der Waals surface area contributed by atoms with Crippen LogP contribution < -0.4 is 69.3 Å². The first-order valence-corrected chi connectivity index (χ1v) is 5.94. The summed E-state index contributed by atoms with van der Waals surface area (Å²) in [4.78, 5) is 22.1. The maximum absolute atomic E-state index is 11.5. The molecule has 122 valence electrons. The molecular weight excluding hydrogens is 352 g/mol. The fourth-order valence-corrected chi connectivity index (χ4v) is 2.13. The number of hydrogen-bond acceptors (Lipinski definition) is 11. The smallest absolute Gasteiger partial charge is 0.545 e. The summed E-state index contributed by atoms with van der Waals surface area (Å²) < 4.78 is 5.24. The second-order valence-corrected chi connectivity index (χ2v) is 4.58. The topological polar surface area (TPSA) is 201 Å². The number of carbonyl (C=O) groups excluding carboxylic acids is 2. The van der Waals surface area contributed by atoms with Crippen molar-refractivity contribution in [2.45, 2.75) is 30.1 Å². The number of aliphatic carboxylic acids is 1. The standard InChI is InChI=1S/C10H13N3O9.2Na/c14-2-4-5(15)6(16)7(17)10(22-4,9(20)21)13-1-3(8(18)19)11-12-13;;/h1,4-7,14-17H,2H2,(H,18,19)(H,20,21);;/q;2*+1/p-2/t4-,5-,6+,7-,10+;;/m1../s1. The van der Waals surface area contributed by atoms with Crippen LogP contribution in [0, 0.1) is 0 Å². The van der Waals surface area contributed by atoms with Crippen LogP contribution in [0.25, 0.3) is 0 Å². The van der Waals surface area contributed by atoms with E-state index in [1.807, 2.05) is 0 Å². The normalized spacial score (nSPS) is 32.3. The van der Waals surface area contributed by atoms with E-state index in [9.17, 15) is 35.1 Å². The van der Waals surface area contributed by atoms with Gasteiger partial charge in [0, 0.05) is 0 Å². The van der Waals surface area contributed by atoms with Crippen molar-refractivity contribution in [1.29, 1.82) is 0 Å². The van der Waals surface area contributed by atoms with E-state index >= 15 is 0 Å². The van der Waals surface area contributed by atoms with Crippen LogP contribution in [0.15, 0.2) is 6.20 Å². The Morgan fingerprint density at radius 1 is 1.25 bits per heavy atom. The molecule has 2 heterocycles. The monoisotopic (exact) mass is 363 g/mol. The molecule has 5 atom stereocenters. The fourth-order valence-electron chi connectivity index (χ4n) is 2.13. The van der Waals surface area contributed by atoms with Gasteiger partial charge in [0.05, 0.1) is 24.7 Å². The summed E-state index contributed by atoms with van der Waals surface area (Å²) in [5.74, 6) is -3.87. The number of carboxylic acids is 2. The van der Waals surface area contributed by atoms with Crippen molar-refractivity contribution in [2.24, 2.45) is 0 Å². The molecule has 0 unspecified atom stereocenters. The molecule has 4 N–H and O–H groups in total. The summed E-state index contributed by atoms with van der Waals surface area (Å²) in [6.45, 7) is -0.901. The van der Waals surface area contributed by atoms with Crippen molar-refractivity contribution in [2.75, 3.05) is 6.61 Å².